The van der Waals surface area contributed by atoms with Gasteiger partial charge in [-0.15, -0.1) is 0 Å². The Morgan fingerprint density at radius 1 is 1.40 bits per heavy atom. The van der Waals surface area contributed by atoms with E-state index in [4.69, 9.17) is 5.73 Å². The average Bonchev–Trinajstić information content (AvgIpc) is 2.73. The molecular weight excluding hydrogens is 272 g/mol. The van der Waals surface area contributed by atoms with Crippen molar-refractivity contribution in [3.63, 3.8) is 0 Å². The number of nitrogens with two attached hydrogens (primary N) is 1. The summed E-state index contributed by atoms with van der Waals surface area (Å²) in [4.78, 5) is 19.2. The Bertz CT molecular complexity index is 442. The van der Waals surface area contributed by atoms with Crippen LogP contribution in [0.4, 0.5) is 10.9 Å². The maximum Gasteiger partial charge on any atom is 0.268 e. The normalized spacial score (nSPS) is 11.2. The molecule has 0 spiro atoms. The van der Waals surface area contributed by atoms with Crippen LogP contribution in [0.25, 0.3) is 0 Å². The molecule has 0 saturated heterocycles. The van der Waals surface area contributed by atoms with Crippen molar-refractivity contribution in [3.8, 4) is 0 Å². The molecule has 20 heavy (non-hydrogen) atoms. The average molecular weight is 298 g/mol. The second kappa shape index (κ2) is 7.47. The standard InChI is InChI=1S/C14H26N4OS/c1-6-7-18(10(4)5)13(19)11-12(15)17-14(20-11)16-8-9(2)3/h9-10H,6-8,15H2,1-5H3,(H,16,17). The van der Waals surface area contributed by atoms with Gasteiger partial charge in [-0.3, -0.25) is 4.79 Å². The Hall–Kier alpha value is -1.30. The SMILES string of the molecule is CCCN(C(=O)c1sc(NCC(C)C)nc1N)C(C)C. The van der Waals surface area contributed by atoms with Gasteiger partial charge >= 0.3 is 0 Å². The van der Waals surface area contributed by atoms with E-state index in [1.807, 2.05) is 18.7 Å². The summed E-state index contributed by atoms with van der Waals surface area (Å²) in [5, 5.41) is 3.94. The lowest BCUT2D eigenvalue weighted by molar-refractivity contribution is 0.0712. The number of anilines is 2. The molecule has 0 radical (unpaired) electrons. The Balaban J connectivity index is 2.86. The molecule has 0 aliphatic rings. The van der Waals surface area contributed by atoms with E-state index in [-0.39, 0.29) is 11.9 Å². The first-order valence-electron chi connectivity index (χ1n) is 7.17. The number of hydrogen-bond donors (Lipinski definition) is 2. The van der Waals surface area contributed by atoms with Crippen molar-refractivity contribution in [1.82, 2.24) is 9.88 Å². The van der Waals surface area contributed by atoms with E-state index in [1.165, 1.54) is 11.3 Å². The van der Waals surface area contributed by atoms with Crippen molar-refractivity contribution in [3.05, 3.63) is 4.88 Å². The second-order valence-corrected chi connectivity index (χ2v) is 6.60. The fourth-order valence-electron chi connectivity index (χ4n) is 1.82. The van der Waals surface area contributed by atoms with E-state index in [1.54, 1.807) is 0 Å². The molecule has 114 valence electrons. The molecule has 3 N–H and O–H groups in total. The third-order valence-electron chi connectivity index (χ3n) is 2.86. The van der Waals surface area contributed by atoms with Crippen molar-refractivity contribution >= 4 is 28.2 Å². The number of aromatic nitrogens is 1. The monoisotopic (exact) mass is 298 g/mol. The molecule has 5 nitrogen and oxygen atoms in total. The topological polar surface area (TPSA) is 71.2 Å². The highest BCUT2D eigenvalue weighted by Crippen LogP contribution is 2.27. The lowest BCUT2D eigenvalue weighted by Crippen LogP contribution is -2.37. The van der Waals surface area contributed by atoms with E-state index in [0.717, 1.165) is 24.6 Å². The Kier molecular flexibility index (Phi) is 6.26. The summed E-state index contributed by atoms with van der Waals surface area (Å²) in [7, 11) is 0. The number of carbonyl (C=O) groups is 1. The van der Waals surface area contributed by atoms with Crippen molar-refractivity contribution in [1.29, 1.82) is 0 Å². The first-order chi connectivity index (χ1) is 9.36. The summed E-state index contributed by atoms with van der Waals surface area (Å²) in [6.07, 6.45) is 0.932. The van der Waals surface area contributed by atoms with Crippen LogP contribution in [-0.2, 0) is 0 Å². The quantitative estimate of drug-likeness (QED) is 0.811. The first-order valence-corrected chi connectivity index (χ1v) is 7.99. The molecule has 0 fully saturated rings. The maximum atomic E-state index is 12.5. The van der Waals surface area contributed by atoms with Crippen molar-refractivity contribution < 1.29 is 4.79 Å². The van der Waals surface area contributed by atoms with Crippen LogP contribution in [0.3, 0.4) is 0 Å². The van der Waals surface area contributed by atoms with Gasteiger partial charge in [0.2, 0.25) is 0 Å². The predicted octanol–water partition coefficient (Wildman–Crippen LogP) is 3.05. The highest BCUT2D eigenvalue weighted by atomic mass is 32.1. The number of rotatable bonds is 7. The number of hydrogen-bond acceptors (Lipinski definition) is 5. The smallest absolute Gasteiger partial charge is 0.268 e. The molecule has 0 aliphatic carbocycles. The third kappa shape index (κ3) is 4.37. The molecule has 1 aromatic rings. The maximum absolute atomic E-state index is 12.5. The molecule has 0 saturated carbocycles. The van der Waals surface area contributed by atoms with Crippen molar-refractivity contribution in [2.75, 3.05) is 24.1 Å². The zero-order valence-corrected chi connectivity index (χ0v) is 13.9. The fourth-order valence-corrected chi connectivity index (χ4v) is 2.67. The molecule has 1 amide bonds. The molecule has 0 atom stereocenters. The van der Waals surface area contributed by atoms with E-state index in [0.29, 0.717) is 16.6 Å². The number of nitrogens with zero attached hydrogens (tertiary/aromatic N) is 2. The number of thiazole rings is 1. The van der Waals surface area contributed by atoms with Crippen LogP contribution >= 0.6 is 11.3 Å². The molecule has 0 bridgehead atoms. The first kappa shape index (κ1) is 16.8. The molecule has 0 unspecified atom stereocenters. The van der Waals surface area contributed by atoms with Crippen LogP contribution in [0.1, 0.15) is 50.7 Å². The number of carbonyl (C=O) groups excluding carboxylic acids is 1. The van der Waals surface area contributed by atoms with Gasteiger partial charge in [0.25, 0.3) is 5.91 Å². The van der Waals surface area contributed by atoms with Gasteiger partial charge in [-0.05, 0) is 26.2 Å². The summed E-state index contributed by atoms with van der Waals surface area (Å²) in [6, 6.07) is 0.163. The van der Waals surface area contributed by atoms with Crippen LogP contribution < -0.4 is 11.1 Å². The highest BCUT2D eigenvalue weighted by Gasteiger charge is 2.23. The molecule has 1 heterocycles. The van der Waals surface area contributed by atoms with Gasteiger partial charge in [-0.25, -0.2) is 4.98 Å². The summed E-state index contributed by atoms with van der Waals surface area (Å²) in [5.41, 5.74) is 5.89. The van der Waals surface area contributed by atoms with E-state index >= 15 is 0 Å². The van der Waals surface area contributed by atoms with E-state index in [2.05, 4.69) is 31.1 Å². The van der Waals surface area contributed by atoms with E-state index < -0.39 is 0 Å². The summed E-state index contributed by atoms with van der Waals surface area (Å²) in [6.45, 7) is 11.9. The van der Waals surface area contributed by atoms with Crippen LogP contribution in [0.5, 0.6) is 0 Å². The summed E-state index contributed by atoms with van der Waals surface area (Å²) < 4.78 is 0. The van der Waals surface area contributed by atoms with Crippen LogP contribution in [0, 0.1) is 5.92 Å². The highest BCUT2D eigenvalue weighted by molar-refractivity contribution is 7.18. The van der Waals surface area contributed by atoms with E-state index in [9.17, 15) is 4.79 Å². The fraction of sp³-hybridized carbons (Fsp3) is 0.714. The third-order valence-corrected chi connectivity index (χ3v) is 3.87. The van der Waals surface area contributed by atoms with Gasteiger partial charge in [0.1, 0.15) is 10.7 Å². The van der Waals surface area contributed by atoms with Gasteiger partial charge in [0, 0.05) is 19.1 Å². The second-order valence-electron chi connectivity index (χ2n) is 5.60. The lowest BCUT2D eigenvalue weighted by atomic mass is 10.2. The largest absolute Gasteiger partial charge is 0.382 e. The molecule has 0 aliphatic heterocycles. The van der Waals surface area contributed by atoms with Crippen LogP contribution in [0.2, 0.25) is 0 Å². The zero-order valence-electron chi connectivity index (χ0n) is 13.1. The van der Waals surface area contributed by atoms with Crippen LogP contribution in [0.15, 0.2) is 0 Å². The number of amides is 1. The van der Waals surface area contributed by atoms with Crippen molar-refractivity contribution in [2.45, 2.75) is 47.1 Å². The lowest BCUT2D eigenvalue weighted by Gasteiger charge is -2.25. The van der Waals surface area contributed by atoms with Gasteiger partial charge < -0.3 is 16.0 Å². The molecule has 0 aromatic carbocycles. The van der Waals surface area contributed by atoms with Crippen molar-refractivity contribution in [2.24, 2.45) is 5.92 Å². The Morgan fingerprint density at radius 2 is 2.05 bits per heavy atom. The molecular formula is C14H26N4OS. The van der Waals surface area contributed by atoms with Gasteiger partial charge in [-0.1, -0.05) is 32.1 Å². The van der Waals surface area contributed by atoms with Gasteiger partial charge in [0.05, 0.1) is 0 Å². The summed E-state index contributed by atoms with van der Waals surface area (Å²) in [5.74, 6) is 0.828. The number of nitrogens with one attached hydrogen (secondary N) is 1. The predicted molar refractivity (Wildman–Crippen MR) is 86.3 cm³/mol. The zero-order chi connectivity index (χ0) is 15.3. The van der Waals surface area contributed by atoms with Gasteiger partial charge in [-0.2, -0.15) is 0 Å². The summed E-state index contributed by atoms with van der Waals surface area (Å²) >= 11 is 1.34. The minimum Gasteiger partial charge on any atom is -0.382 e. The number of nitrogen functional groups attached to an aromatic ring is 1. The Morgan fingerprint density at radius 3 is 2.55 bits per heavy atom. The molecule has 6 heteroatoms. The van der Waals surface area contributed by atoms with Gasteiger partial charge in [0.15, 0.2) is 5.13 Å². The molecule has 1 aromatic heterocycles. The molecule has 1 rings (SSSR count). The minimum atomic E-state index is -0.0190. The Labute approximate surface area is 125 Å². The minimum absolute atomic E-state index is 0.0190. The van der Waals surface area contributed by atoms with Crippen LogP contribution in [-0.4, -0.2) is 34.9 Å².